The minimum absolute atomic E-state index is 0. The number of halogens is 4. The van der Waals surface area contributed by atoms with Gasteiger partial charge in [-0.15, -0.1) is 12.4 Å². The van der Waals surface area contributed by atoms with Gasteiger partial charge in [-0.25, -0.2) is 0 Å². The van der Waals surface area contributed by atoms with Crippen LogP contribution in [-0.2, 0) is 11.0 Å². The zero-order valence-corrected chi connectivity index (χ0v) is 13.5. The van der Waals surface area contributed by atoms with Crippen molar-refractivity contribution >= 4 is 18.3 Å². The first-order valence-electron chi connectivity index (χ1n) is 7.16. The summed E-state index contributed by atoms with van der Waals surface area (Å²) < 4.78 is 42.9. The summed E-state index contributed by atoms with van der Waals surface area (Å²) in [5.41, 5.74) is -0.750. The lowest BCUT2D eigenvalue weighted by Crippen LogP contribution is -2.49. The Morgan fingerprint density at radius 1 is 1.43 bits per heavy atom. The number of benzene rings is 1. The summed E-state index contributed by atoms with van der Waals surface area (Å²) >= 11 is 0. The maximum absolute atomic E-state index is 12.5. The van der Waals surface area contributed by atoms with Crippen LogP contribution in [0.25, 0.3) is 0 Å². The van der Waals surface area contributed by atoms with Gasteiger partial charge in [-0.2, -0.15) is 13.2 Å². The highest BCUT2D eigenvalue weighted by molar-refractivity contribution is 5.85. The van der Waals surface area contributed by atoms with Gasteiger partial charge >= 0.3 is 6.18 Å². The molecule has 0 radical (unpaired) electrons. The van der Waals surface area contributed by atoms with Gasteiger partial charge in [0.05, 0.1) is 12.1 Å². The number of amides is 1. The summed E-state index contributed by atoms with van der Waals surface area (Å²) in [6, 6.07) is 4.69. The van der Waals surface area contributed by atoms with Crippen LogP contribution >= 0.6 is 12.4 Å². The van der Waals surface area contributed by atoms with Crippen LogP contribution in [0.4, 0.5) is 13.2 Å². The summed E-state index contributed by atoms with van der Waals surface area (Å²) in [4.78, 5) is 11.8. The summed E-state index contributed by atoms with van der Waals surface area (Å²) in [6.45, 7) is 3.95. The average Bonchev–Trinajstić information content (AvgIpc) is 2.41. The molecule has 2 N–H and O–H groups in total. The van der Waals surface area contributed by atoms with Gasteiger partial charge in [0.2, 0.25) is 5.91 Å². The molecule has 0 saturated carbocycles. The first kappa shape index (κ1) is 19.6. The van der Waals surface area contributed by atoms with Crippen molar-refractivity contribution in [1.82, 2.24) is 10.6 Å². The van der Waals surface area contributed by atoms with Gasteiger partial charge in [0, 0.05) is 5.92 Å². The van der Waals surface area contributed by atoms with Crippen LogP contribution in [0, 0.1) is 11.8 Å². The topological polar surface area (TPSA) is 50.4 Å². The van der Waals surface area contributed by atoms with E-state index in [1.165, 1.54) is 12.1 Å². The van der Waals surface area contributed by atoms with Crippen LogP contribution in [-0.4, -0.2) is 32.1 Å². The van der Waals surface area contributed by atoms with E-state index in [1.807, 2.05) is 6.92 Å². The Bertz CT molecular complexity index is 522. The largest absolute Gasteiger partial charge is 0.492 e. The molecule has 1 atom stereocenters. The summed E-state index contributed by atoms with van der Waals surface area (Å²) in [5, 5.41) is 5.84. The molecule has 0 aliphatic carbocycles. The second-order valence-corrected chi connectivity index (χ2v) is 5.37. The smallest absolute Gasteiger partial charge is 0.416 e. The predicted molar refractivity (Wildman–Crippen MR) is 82.7 cm³/mol. The van der Waals surface area contributed by atoms with E-state index in [9.17, 15) is 18.0 Å². The Kier molecular flexibility index (Phi) is 7.15. The van der Waals surface area contributed by atoms with E-state index in [0.29, 0.717) is 5.92 Å². The molecule has 1 amide bonds. The third-order valence-electron chi connectivity index (χ3n) is 3.77. The van der Waals surface area contributed by atoms with Gasteiger partial charge in [-0.1, -0.05) is 13.0 Å². The van der Waals surface area contributed by atoms with Gasteiger partial charge < -0.3 is 15.4 Å². The molecule has 0 bridgehead atoms. The van der Waals surface area contributed by atoms with Crippen molar-refractivity contribution in [3.8, 4) is 5.75 Å². The van der Waals surface area contributed by atoms with Crippen LogP contribution in [0.1, 0.15) is 12.5 Å². The Labute approximate surface area is 139 Å². The molecule has 1 aliphatic rings. The molecule has 23 heavy (non-hydrogen) atoms. The molecule has 1 aromatic rings. The van der Waals surface area contributed by atoms with Gasteiger partial charge in [0.25, 0.3) is 0 Å². The van der Waals surface area contributed by atoms with Crippen molar-refractivity contribution in [2.75, 3.05) is 26.2 Å². The Hall–Kier alpha value is -1.47. The first-order valence-corrected chi connectivity index (χ1v) is 7.16. The minimum Gasteiger partial charge on any atom is -0.492 e. The summed E-state index contributed by atoms with van der Waals surface area (Å²) in [5.74, 6) is 0.360. The lowest BCUT2D eigenvalue weighted by molar-refractivity contribution is -0.137. The molecule has 0 spiro atoms. The third-order valence-corrected chi connectivity index (χ3v) is 3.77. The Morgan fingerprint density at radius 2 is 2.13 bits per heavy atom. The normalized spacial score (nSPS) is 16.0. The highest BCUT2D eigenvalue weighted by Gasteiger charge is 2.30. The fourth-order valence-corrected chi connectivity index (χ4v) is 2.14. The molecule has 1 unspecified atom stereocenters. The molecule has 2 rings (SSSR count). The van der Waals surface area contributed by atoms with E-state index in [0.717, 1.165) is 25.2 Å². The maximum atomic E-state index is 12.5. The van der Waals surface area contributed by atoms with Gasteiger partial charge in [-0.3, -0.25) is 4.79 Å². The van der Waals surface area contributed by atoms with Crippen molar-refractivity contribution in [3.63, 3.8) is 0 Å². The zero-order valence-electron chi connectivity index (χ0n) is 12.7. The molecule has 1 fully saturated rings. The van der Waals surface area contributed by atoms with Crippen molar-refractivity contribution < 1.29 is 22.7 Å². The molecule has 1 saturated heterocycles. The number of rotatable bonds is 6. The minimum atomic E-state index is -4.39. The van der Waals surface area contributed by atoms with Crippen LogP contribution in [0.2, 0.25) is 0 Å². The Balaban J connectivity index is 0.00000264. The van der Waals surface area contributed by atoms with Crippen molar-refractivity contribution in [3.05, 3.63) is 29.8 Å². The fourth-order valence-electron chi connectivity index (χ4n) is 2.14. The number of hydrogen-bond acceptors (Lipinski definition) is 3. The van der Waals surface area contributed by atoms with Crippen molar-refractivity contribution in [1.29, 1.82) is 0 Å². The number of hydrogen-bond donors (Lipinski definition) is 2. The summed E-state index contributed by atoms with van der Waals surface area (Å²) in [6.07, 6.45) is -4.39. The molecule has 130 valence electrons. The molecule has 4 nitrogen and oxygen atoms in total. The number of nitrogens with one attached hydrogen (secondary N) is 2. The predicted octanol–water partition coefficient (Wildman–Crippen LogP) is 2.48. The van der Waals surface area contributed by atoms with E-state index in [-0.39, 0.29) is 43.1 Å². The monoisotopic (exact) mass is 352 g/mol. The number of carbonyl (C=O) groups excluding carboxylic acids is 1. The molecule has 1 aromatic carbocycles. The standard InChI is InChI=1S/C15H19F3N2O2.ClH/c1-10(11-8-19-9-11)14(21)20-5-6-22-13-4-2-3-12(7-13)15(16,17)18;/h2-4,7,10-11,19H,5-6,8-9H2,1H3,(H,20,21);1H. The molecular formula is C15H20ClF3N2O2. The average molecular weight is 353 g/mol. The molecule has 8 heteroatoms. The van der Waals surface area contributed by atoms with Gasteiger partial charge in [-0.05, 0) is 37.2 Å². The second kappa shape index (κ2) is 8.40. The van der Waals surface area contributed by atoms with E-state index in [2.05, 4.69) is 10.6 Å². The Morgan fingerprint density at radius 3 is 2.70 bits per heavy atom. The van der Waals surface area contributed by atoms with E-state index in [4.69, 9.17) is 4.74 Å². The van der Waals surface area contributed by atoms with E-state index >= 15 is 0 Å². The lowest BCUT2D eigenvalue weighted by atomic mass is 9.88. The number of carbonyl (C=O) groups is 1. The van der Waals surface area contributed by atoms with Gasteiger partial charge in [0.1, 0.15) is 12.4 Å². The maximum Gasteiger partial charge on any atom is 0.416 e. The highest BCUT2D eigenvalue weighted by Crippen LogP contribution is 2.31. The molecular weight excluding hydrogens is 333 g/mol. The quantitative estimate of drug-likeness (QED) is 0.773. The van der Waals surface area contributed by atoms with Crippen LogP contribution < -0.4 is 15.4 Å². The second-order valence-electron chi connectivity index (χ2n) is 5.37. The van der Waals surface area contributed by atoms with E-state index < -0.39 is 11.7 Å². The van der Waals surface area contributed by atoms with Crippen LogP contribution in [0.15, 0.2) is 24.3 Å². The zero-order chi connectivity index (χ0) is 16.2. The van der Waals surface area contributed by atoms with Crippen LogP contribution in [0.5, 0.6) is 5.75 Å². The fraction of sp³-hybridized carbons (Fsp3) is 0.533. The number of alkyl halides is 3. The lowest BCUT2D eigenvalue weighted by Gasteiger charge is -2.31. The first-order chi connectivity index (χ1) is 10.4. The van der Waals surface area contributed by atoms with Crippen molar-refractivity contribution in [2.24, 2.45) is 11.8 Å². The number of ether oxygens (including phenoxy) is 1. The highest BCUT2D eigenvalue weighted by atomic mass is 35.5. The molecule has 0 aromatic heterocycles. The van der Waals surface area contributed by atoms with E-state index in [1.54, 1.807) is 0 Å². The SMILES string of the molecule is CC(C(=O)NCCOc1cccc(C(F)(F)F)c1)C1CNC1.Cl. The van der Waals surface area contributed by atoms with Crippen molar-refractivity contribution in [2.45, 2.75) is 13.1 Å². The van der Waals surface area contributed by atoms with Crippen LogP contribution in [0.3, 0.4) is 0 Å². The van der Waals surface area contributed by atoms with Gasteiger partial charge in [0.15, 0.2) is 0 Å². The molecule has 1 aliphatic heterocycles. The molecule has 1 heterocycles. The third kappa shape index (κ3) is 5.58. The summed E-state index contributed by atoms with van der Waals surface area (Å²) in [7, 11) is 0.